The van der Waals surface area contributed by atoms with Gasteiger partial charge in [-0.2, -0.15) is 18.3 Å². The van der Waals surface area contributed by atoms with Crippen molar-refractivity contribution in [1.82, 2.24) is 15.1 Å². The SMILES string of the molecule is Cc1nn(-c2ccc(F)cc2)c(Cl)c1C(=O)NCC(O)COc1ccc(C(F)(F)F)cc1. The molecule has 1 amide bonds. The van der Waals surface area contributed by atoms with Gasteiger partial charge in [0.25, 0.3) is 5.91 Å². The van der Waals surface area contributed by atoms with Gasteiger partial charge < -0.3 is 15.2 Å². The predicted molar refractivity (Wildman–Crippen MR) is 109 cm³/mol. The molecule has 1 heterocycles. The first kappa shape index (κ1) is 23.6. The summed E-state index contributed by atoms with van der Waals surface area (Å²) < 4.78 is 57.4. The summed E-state index contributed by atoms with van der Waals surface area (Å²) in [4.78, 5) is 12.5. The van der Waals surface area contributed by atoms with Gasteiger partial charge in [0, 0.05) is 6.54 Å². The second kappa shape index (κ2) is 9.58. The zero-order valence-corrected chi connectivity index (χ0v) is 17.4. The van der Waals surface area contributed by atoms with E-state index in [-0.39, 0.29) is 29.6 Å². The maximum Gasteiger partial charge on any atom is 0.416 e. The Kier molecular flexibility index (Phi) is 7.05. The van der Waals surface area contributed by atoms with Crippen LogP contribution in [0.25, 0.3) is 5.69 Å². The summed E-state index contributed by atoms with van der Waals surface area (Å²) in [5.74, 6) is -0.878. The first-order valence-electron chi connectivity index (χ1n) is 9.33. The zero-order chi connectivity index (χ0) is 23.5. The van der Waals surface area contributed by atoms with E-state index < -0.39 is 29.6 Å². The summed E-state index contributed by atoms with van der Waals surface area (Å²) in [6, 6.07) is 9.39. The van der Waals surface area contributed by atoms with E-state index in [1.807, 2.05) is 0 Å². The van der Waals surface area contributed by atoms with Crippen molar-refractivity contribution >= 4 is 17.5 Å². The van der Waals surface area contributed by atoms with E-state index in [2.05, 4.69) is 10.4 Å². The van der Waals surface area contributed by atoms with Crippen molar-refractivity contribution in [3.63, 3.8) is 0 Å². The Labute approximate surface area is 185 Å². The van der Waals surface area contributed by atoms with Crippen LogP contribution in [0.2, 0.25) is 5.15 Å². The van der Waals surface area contributed by atoms with Crippen LogP contribution < -0.4 is 10.1 Å². The predicted octanol–water partition coefficient (Wildman–Crippen LogP) is 4.16. The zero-order valence-electron chi connectivity index (χ0n) is 16.7. The monoisotopic (exact) mass is 471 g/mol. The van der Waals surface area contributed by atoms with E-state index in [0.717, 1.165) is 24.3 Å². The van der Waals surface area contributed by atoms with Gasteiger partial charge in [-0.1, -0.05) is 11.6 Å². The van der Waals surface area contributed by atoms with Crippen LogP contribution in [0.15, 0.2) is 48.5 Å². The molecule has 0 aliphatic carbocycles. The maximum absolute atomic E-state index is 13.1. The fourth-order valence-corrected chi connectivity index (χ4v) is 3.16. The molecule has 0 aliphatic rings. The number of aliphatic hydroxyl groups excluding tert-OH is 1. The molecule has 0 bridgehead atoms. The normalized spacial score (nSPS) is 12.5. The molecule has 32 heavy (non-hydrogen) atoms. The van der Waals surface area contributed by atoms with Gasteiger partial charge in [-0.15, -0.1) is 0 Å². The van der Waals surface area contributed by atoms with Crippen LogP contribution in [0.4, 0.5) is 17.6 Å². The van der Waals surface area contributed by atoms with Gasteiger partial charge in [0.1, 0.15) is 29.4 Å². The molecule has 2 N–H and O–H groups in total. The minimum atomic E-state index is -4.45. The molecule has 170 valence electrons. The minimum absolute atomic E-state index is 0.0158. The molecular weight excluding hydrogens is 454 g/mol. The first-order valence-corrected chi connectivity index (χ1v) is 9.71. The molecule has 0 radical (unpaired) electrons. The van der Waals surface area contributed by atoms with E-state index in [1.165, 1.54) is 28.9 Å². The van der Waals surface area contributed by atoms with Gasteiger partial charge in [0.15, 0.2) is 0 Å². The molecule has 1 aromatic heterocycles. The van der Waals surface area contributed by atoms with E-state index in [4.69, 9.17) is 16.3 Å². The number of rotatable bonds is 7. The van der Waals surface area contributed by atoms with Crippen molar-refractivity contribution in [3.8, 4) is 11.4 Å². The molecule has 0 saturated carbocycles. The van der Waals surface area contributed by atoms with E-state index in [0.29, 0.717) is 11.4 Å². The van der Waals surface area contributed by atoms with E-state index >= 15 is 0 Å². The van der Waals surface area contributed by atoms with Gasteiger partial charge in [0.2, 0.25) is 0 Å². The molecule has 1 atom stereocenters. The third-order valence-electron chi connectivity index (χ3n) is 4.42. The van der Waals surface area contributed by atoms with Gasteiger partial charge >= 0.3 is 6.18 Å². The van der Waals surface area contributed by atoms with Crippen LogP contribution in [0, 0.1) is 12.7 Å². The Balaban J connectivity index is 1.57. The van der Waals surface area contributed by atoms with Crippen LogP contribution in [0.5, 0.6) is 5.75 Å². The lowest BCUT2D eigenvalue weighted by Gasteiger charge is -2.14. The minimum Gasteiger partial charge on any atom is -0.491 e. The Hall–Kier alpha value is -3.11. The molecule has 1 unspecified atom stereocenters. The quantitative estimate of drug-likeness (QED) is 0.507. The van der Waals surface area contributed by atoms with Gasteiger partial charge in [0.05, 0.1) is 22.5 Å². The third kappa shape index (κ3) is 5.57. The summed E-state index contributed by atoms with van der Waals surface area (Å²) in [7, 11) is 0. The Morgan fingerprint density at radius 3 is 2.41 bits per heavy atom. The molecule has 2 aromatic carbocycles. The number of carbonyl (C=O) groups is 1. The highest BCUT2D eigenvalue weighted by atomic mass is 35.5. The number of hydrogen-bond donors (Lipinski definition) is 2. The number of aromatic nitrogens is 2. The third-order valence-corrected chi connectivity index (χ3v) is 4.77. The largest absolute Gasteiger partial charge is 0.491 e. The molecular formula is C21H18ClF4N3O3. The number of benzene rings is 2. The lowest BCUT2D eigenvalue weighted by Crippen LogP contribution is -2.35. The number of aryl methyl sites for hydroxylation is 1. The molecule has 0 aliphatic heterocycles. The summed E-state index contributed by atoms with van der Waals surface area (Å²) in [5.41, 5.74) is 0.0637. The van der Waals surface area contributed by atoms with Gasteiger partial charge in [-0.25, -0.2) is 9.07 Å². The van der Waals surface area contributed by atoms with Crippen LogP contribution in [-0.4, -0.2) is 40.0 Å². The van der Waals surface area contributed by atoms with Gasteiger partial charge in [-0.3, -0.25) is 4.79 Å². The molecule has 0 spiro atoms. The van der Waals surface area contributed by atoms with Crippen LogP contribution >= 0.6 is 11.6 Å². The molecule has 3 rings (SSSR count). The van der Waals surface area contributed by atoms with Crippen LogP contribution in [0.1, 0.15) is 21.6 Å². The van der Waals surface area contributed by atoms with Crippen molar-refractivity contribution in [1.29, 1.82) is 0 Å². The Morgan fingerprint density at radius 2 is 1.81 bits per heavy atom. The fraction of sp³-hybridized carbons (Fsp3) is 0.238. The number of nitrogens with zero attached hydrogens (tertiary/aromatic N) is 2. The summed E-state index contributed by atoms with van der Waals surface area (Å²) >= 11 is 6.28. The average molecular weight is 472 g/mol. The smallest absolute Gasteiger partial charge is 0.416 e. The number of alkyl halides is 3. The van der Waals surface area contributed by atoms with Crippen molar-refractivity contribution < 1.29 is 32.2 Å². The highest BCUT2D eigenvalue weighted by Gasteiger charge is 2.30. The van der Waals surface area contributed by atoms with Crippen LogP contribution in [0.3, 0.4) is 0 Å². The summed E-state index contributed by atoms with van der Waals surface area (Å²) in [5, 5.41) is 16.7. The van der Waals surface area contributed by atoms with E-state index in [1.54, 1.807) is 6.92 Å². The number of nitrogens with one attached hydrogen (secondary N) is 1. The van der Waals surface area contributed by atoms with Crippen molar-refractivity contribution in [2.45, 2.75) is 19.2 Å². The number of hydrogen-bond acceptors (Lipinski definition) is 4. The van der Waals surface area contributed by atoms with Gasteiger partial charge in [-0.05, 0) is 55.5 Å². The highest BCUT2D eigenvalue weighted by molar-refractivity contribution is 6.33. The number of carbonyl (C=O) groups excluding carboxylic acids is 1. The molecule has 6 nitrogen and oxygen atoms in total. The number of amides is 1. The standard InChI is InChI=1S/C21H18ClF4N3O3/c1-12-18(19(22)29(28-12)15-6-4-14(23)5-7-15)20(31)27-10-16(30)11-32-17-8-2-13(3-9-17)21(24,25)26/h2-9,16,30H,10-11H2,1H3,(H,27,31). The highest BCUT2D eigenvalue weighted by Crippen LogP contribution is 2.30. The first-order chi connectivity index (χ1) is 15.1. The van der Waals surface area contributed by atoms with Crippen molar-refractivity contribution in [2.24, 2.45) is 0 Å². The van der Waals surface area contributed by atoms with Crippen molar-refractivity contribution in [3.05, 3.63) is 76.3 Å². The second-order valence-electron chi connectivity index (χ2n) is 6.84. The second-order valence-corrected chi connectivity index (χ2v) is 7.19. The molecule has 3 aromatic rings. The number of halogens is 5. The average Bonchev–Trinajstić information content (AvgIpc) is 3.04. The Morgan fingerprint density at radius 1 is 1.19 bits per heavy atom. The van der Waals surface area contributed by atoms with Crippen LogP contribution in [-0.2, 0) is 6.18 Å². The molecule has 0 fully saturated rings. The number of aliphatic hydroxyl groups is 1. The molecule has 0 saturated heterocycles. The summed E-state index contributed by atoms with van der Waals surface area (Å²) in [6.07, 6.45) is -5.58. The lowest BCUT2D eigenvalue weighted by atomic mass is 10.2. The fourth-order valence-electron chi connectivity index (χ4n) is 2.80. The Bertz CT molecular complexity index is 1080. The summed E-state index contributed by atoms with van der Waals surface area (Å²) in [6.45, 7) is 1.12. The lowest BCUT2D eigenvalue weighted by molar-refractivity contribution is -0.137. The maximum atomic E-state index is 13.1. The number of ether oxygens (including phenoxy) is 1. The van der Waals surface area contributed by atoms with E-state index in [9.17, 15) is 27.5 Å². The molecule has 11 heteroatoms. The topological polar surface area (TPSA) is 76.4 Å². The van der Waals surface area contributed by atoms with Crippen molar-refractivity contribution in [2.75, 3.05) is 13.2 Å².